The predicted molar refractivity (Wildman–Crippen MR) is 147 cm³/mol. The lowest BCUT2D eigenvalue weighted by Gasteiger charge is -2.37. The molecule has 3 aromatic carbocycles. The number of benzene rings is 3. The number of methoxy groups -OCH3 is 3. The number of nitrogens with one attached hydrogen (secondary N) is 1. The molecule has 0 radical (unpaired) electrons. The summed E-state index contributed by atoms with van der Waals surface area (Å²) in [6.07, 6.45) is 3.87. The maximum atomic E-state index is 14.6. The molecule has 8 heteroatoms. The van der Waals surface area contributed by atoms with Gasteiger partial charge in [-0.05, 0) is 55.0 Å². The van der Waals surface area contributed by atoms with Gasteiger partial charge in [-0.15, -0.1) is 0 Å². The molecule has 8 nitrogen and oxygen atoms in total. The Labute approximate surface area is 226 Å². The third kappa shape index (κ3) is 3.34. The molecule has 1 N–H and O–H groups in total. The molecular weight excluding hydrogens is 496 g/mol. The van der Waals surface area contributed by atoms with E-state index in [1.54, 1.807) is 25.3 Å². The van der Waals surface area contributed by atoms with Gasteiger partial charge < -0.3 is 24.4 Å². The lowest BCUT2D eigenvalue weighted by Crippen LogP contribution is -2.51. The number of rotatable bonds is 6. The highest BCUT2D eigenvalue weighted by Gasteiger charge is 2.69. The van der Waals surface area contributed by atoms with Gasteiger partial charge >= 0.3 is 0 Å². The van der Waals surface area contributed by atoms with E-state index < -0.39 is 23.4 Å². The van der Waals surface area contributed by atoms with Gasteiger partial charge in [0.1, 0.15) is 11.2 Å². The summed E-state index contributed by atoms with van der Waals surface area (Å²) in [6, 6.07) is 16.4. The van der Waals surface area contributed by atoms with Crippen LogP contribution in [0.5, 0.6) is 17.2 Å². The van der Waals surface area contributed by atoms with E-state index in [2.05, 4.69) is 5.32 Å². The zero-order valence-corrected chi connectivity index (χ0v) is 22.1. The van der Waals surface area contributed by atoms with Crippen molar-refractivity contribution in [3.63, 3.8) is 0 Å². The molecule has 3 aliphatic rings. The Bertz CT molecular complexity index is 1560. The van der Waals surface area contributed by atoms with Gasteiger partial charge in [0, 0.05) is 22.5 Å². The minimum atomic E-state index is -1.34. The van der Waals surface area contributed by atoms with E-state index in [4.69, 9.17) is 14.2 Å². The first-order chi connectivity index (χ1) is 18.9. The molecule has 0 aromatic heterocycles. The average Bonchev–Trinajstić information content (AvgIpc) is 3.44. The highest BCUT2D eigenvalue weighted by molar-refractivity contribution is 6.16. The molecule has 3 heterocycles. The standard InChI is InChI=1S/C31H28N2O6/c1-17(34)28-27(29(35)19-9-13-24(38-3)25(16-19)39-4)31(21-7-5-6-8-22(21)32-30(31)36)26-14-10-18-15-20(37-2)11-12-23(18)33(26)28/h5-16,26-28H,1-4H3,(H,32,36)/t26-,27-,28+,31+/m1/s1. The number of anilines is 2. The highest BCUT2D eigenvalue weighted by Crippen LogP contribution is 2.58. The van der Waals surface area contributed by atoms with Crippen LogP contribution in [0, 0.1) is 5.92 Å². The molecule has 3 aliphatic heterocycles. The van der Waals surface area contributed by atoms with E-state index in [1.165, 1.54) is 21.1 Å². The molecule has 0 bridgehead atoms. The van der Waals surface area contributed by atoms with Crippen molar-refractivity contribution in [3.05, 3.63) is 83.4 Å². The molecule has 4 atom stereocenters. The van der Waals surface area contributed by atoms with Crippen molar-refractivity contribution in [1.29, 1.82) is 0 Å². The molecule has 3 aromatic rings. The first-order valence-electron chi connectivity index (χ1n) is 12.7. The van der Waals surface area contributed by atoms with Crippen molar-refractivity contribution in [2.45, 2.75) is 24.4 Å². The van der Waals surface area contributed by atoms with Crippen LogP contribution in [0.3, 0.4) is 0 Å². The monoisotopic (exact) mass is 524 g/mol. The van der Waals surface area contributed by atoms with Gasteiger partial charge in [-0.1, -0.05) is 30.4 Å². The van der Waals surface area contributed by atoms with Crippen LogP contribution in [0.4, 0.5) is 11.4 Å². The molecule has 39 heavy (non-hydrogen) atoms. The fourth-order valence-electron chi connectivity index (χ4n) is 6.61. The maximum absolute atomic E-state index is 14.6. The fraction of sp³-hybridized carbons (Fsp3) is 0.258. The molecule has 1 saturated heterocycles. The molecule has 198 valence electrons. The van der Waals surface area contributed by atoms with Crippen molar-refractivity contribution in [3.8, 4) is 17.2 Å². The SMILES string of the molecule is COc1ccc2c(c1)C=C[C@H]1N2[C@@H](C(C)=O)[C@H](C(=O)c2ccc(OC)c(OC)c2)[C@@]12C(=O)Nc1ccccc12. The summed E-state index contributed by atoms with van der Waals surface area (Å²) in [5.41, 5.74) is 1.95. The van der Waals surface area contributed by atoms with Crippen molar-refractivity contribution >= 4 is 34.9 Å². The normalized spacial score (nSPS) is 24.1. The summed E-state index contributed by atoms with van der Waals surface area (Å²) in [6.45, 7) is 1.48. The number of para-hydroxylation sites is 1. The smallest absolute Gasteiger partial charge is 0.238 e. The summed E-state index contributed by atoms with van der Waals surface area (Å²) in [5.74, 6) is -0.299. The molecule has 0 aliphatic carbocycles. The number of carbonyl (C=O) groups is 3. The Morgan fingerprint density at radius 1 is 0.923 bits per heavy atom. The van der Waals surface area contributed by atoms with Crippen LogP contribution in [0.25, 0.3) is 6.08 Å². The first kappa shape index (κ1) is 24.7. The fourth-order valence-corrected chi connectivity index (χ4v) is 6.61. The summed E-state index contributed by atoms with van der Waals surface area (Å²) < 4.78 is 16.3. The van der Waals surface area contributed by atoms with Gasteiger partial charge in [-0.3, -0.25) is 14.4 Å². The molecule has 1 amide bonds. The molecule has 6 rings (SSSR count). The summed E-state index contributed by atoms with van der Waals surface area (Å²) in [4.78, 5) is 44.3. The van der Waals surface area contributed by atoms with Crippen LogP contribution in [0.15, 0.2) is 66.7 Å². The Kier molecular flexibility index (Phi) is 5.71. The lowest BCUT2D eigenvalue weighted by molar-refractivity contribution is -0.122. The zero-order chi connectivity index (χ0) is 27.5. The van der Waals surface area contributed by atoms with Crippen molar-refractivity contribution in [1.82, 2.24) is 0 Å². The molecule has 0 saturated carbocycles. The van der Waals surface area contributed by atoms with Gasteiger partial charge in [-0.2, -0.15) is 0 Å². The van der Waals surface area contributed by atoms with Crippen molar-refractivity contribution < 1.29 is 28.6 Å². The van der Waals surface area contributed by atoms with E-state index in [0.717, 1.165) is 11.3 Å². The zero-order valence-electron chi connectivity index (χ0n) is 22.1. The Morgan fingerprint density at radius 2 is 1.69 bits per heavy atom. The summed E-state index contributed by atoms with van der Waals surface area (Å²) in [7, 11) is 4.62. The second-order valence-electron chi connectivity index (χ2n) is 9.97. The number of Topliss-reactive ketones (excluding diaryl/α,β-unsaturated/α-hetero) is 2. The molecular formula is C31H28N2O6. The largest absolute Gasteiger partial charge is 0.497 e. The summed E-state index contributed by atoms with van der Waals surface area (Å²) in [5, 5.41) is 3.01. The number of nitrogens with zero attached hydrogens (tertiary/aromatic N) is 1. The van der Waals surface area contributed by atoms with Crippen LogP contribution in [-0.2, 0) is 15.0 Å². The van der Waals surface area contributed by atoms with Gasteiger partial charge in [0.05, 0.1) is 39.3 Å². The van der Waals surface area contributed by atoms with Crippen LogP contribution in [0.1, 0.15) is 28.4 Å². The number of hydrogen-bond donors (Lipinski definition) is 1. The third-order valence-electron chi connectivity index (χ3n) is 8.21. The maximum Gasteiger partial charge on any atom is 0.238 e. The van der Waals surface area contributed by atoms with E-state index in [-0.39, 0.29) is 17.5 Å². The van der Waals surface area contributed by atoms with Gasteiger partial charge in [0.25, 0.3) is 0 Å². The van der Waals surface area contributed by atoms with Crippen molar-refractivity contribution in [2.24, 2.45) is 5.92 Å². The number of hydrogen-bond acceptors (Lipinski definition) is 7. The van der Waals surface area contributed by atoms with E-state index >= 15 is 0 Å². The predicted octanol–water partition coefficient (Wildman–Crippen LogP) is 4.27. The van der Waals surface area contributed by atoms with E-state index in [1.807, 2.05) is 59.5 Å². The third-order valence-corrected chi connectivity index (χ3v) is 8.21. The molecule has 1 fully saturated rings. The van der Waals surface area contributed by atoms with Crippen LogP contribution in [0.2, 0.25) is 0 Å². The Morgan fingerprint density at radius 3 is 2.41 bits per heavy atom. The number of ketones is 2. The second kappa shape index (κ2) is 9.01. The molecule has 1 spiro atoms. The van der Waals surface area contributed by atoms with Gasteiger partial charge in [-0.25, -0.2) is 0 Å². The van der Waals surface area contributed by atoms with Crippen molar-refractivity contribution in [2.75, 3.05) is 31.5 Å². The quantitative estimate of drug-likeness (QED) is 0.481. The number of ether oxygens (including phenoxy) is 3. The lowest BCUT2D eigenvalue weighted by atomic mass is 9.64. The highest BCUT2D eigenvalue weighted by atomic mass is 16.5. The second-order valence-corrected chi connectivity index (χ2v) is 9.97. The number of fused-ring (bicyclic) bond motifs is 6. The van der Waals surface area contributed by atoms with E-state index in [0.29, 0.717) is 34.1 Å². The van der Waals surface area contributed by atoms with Crippen LogP contribution in [-0.4, -0.2) is 50.9 Å². The van der Waals surface area contributed by atoms with E-state index in [9.17, 15) is 14.4 Å². The summed E-state index contributed by atoms with van der Waals surface area (Å²) >= 11 is 0. The Hall–Kier alpha value is -4.59. The number of carbonyl (C=O) groups excluding carboxylic acids is 3. The Balaban J connectivity index is 1.62. The minimum Gasteiger partial charge on any atom is -0.497 e. The van der Waals surface area contributed by atoms with Gasteiger partial charge in [0.2, 0.25) is 5.91 Å². The average molecular weight is 525 g/mol. The van der Waals surface area contributed by atoms with Crippen LogP contribution >= 0.6 is 0 Å². The molecule has 0 unspecified atom stereocenters. The van der Waals surface area contributed by atoms with Gasteiger partial charge in [0.15, 0.2) is 23.1 Å². The van der Waals surface area contributed by atoms with Crippen LogP contribution < -0.4 is 24.4 Å². The number of amides is 1. The first-order valence-corrected chi connectivity index (χ1v) is 12.7. The minimum absolute atomic E-state index is 0.204. The topological polar surface area (TPSA) is 94.2 Å².